The summed E-state index contributed by atoms with van der Waals surface area (Å²) in [5.74, 6) is 1.28. The first kappa shape index (κ1) is 22.2. The highest BCUT2D eigenvalue weighted by Gasteiger charge is 2.18. The monoisotopic (exact) mass is 400 g/mol. The second kappa shape index (κ2) is 9.41. The SMILES string of the molecule is C=C(C)CN(CC)C(=O)CSc1nnc(-c2ccc(C(C)(C)C)cc2)n1CC. The summed E-state index contributed by atoms with van der Waals surface area (Å²) in [7, 11) is 0. The van der Waals surface area contributed by atoms with Crippen molar-refractivity contribution >= 4 is 17.7 Å². The van der Waals surface area contributed by atoms with Crippen molar-refractivity contribution in [1.29, 1.82) is 0 Å². The predicted molar refractivity (Wildman–Crippen MR) is 118 cm³/mol. The lowest BCUT2D eigenvalue weighted by atomic mass is 9.87. The topological polar surface area (TPSA) is 51.0 Å². The fourth-order valence-corrected chi connectivity index (χ4v) is 3.84. The first-order valence-corrected chi connectivity index (χ1v) is 10.7. The summed E-state index contributed by atoms with van der Waals surface area (Å²) in [4.78, 5) is 14.3. The van der Waals surface area contributed by atoms with Crippen molar-refractivity contribution in [3.05, 3.63) is 42.0 Å². The maximum atomic E-state index is 12.5. The van der Waals surface area contributed by atoms with E-state index in [0.717, 1.165) is 28.7 Å². The molecule has 0 fully saturated rings. The van der Waals surface area contributed by atoms with Crippen LogP contribution in [0.1, 0.15) is 47.1 Å². The molecule has 0 aliphatic heterocycles. The summed E-state index contributed by atoms with van der Waals surface area (Å²) in [6.45, 7) is 18.5. The van der Waals surface area contributed by atoms with Crippen LogP contribution in [0.3, 0.4) is 0 Å². The third-order valence-corrected chi connectivity index (χ3v) is 5.51. The van der Waals surface area contributed by atoms with Crippen LogP contribution >= 0.6 is 11.8 Å². The third-order valence-electron chi connectivity index (χ3n) is 4.56. The molecular formula is C22H32N4OS. The van der Waals surface area contributed by atoms with Crippen molar-refractivity contribution < 1.29 is 4.79 Å². The van der Waals surface area contributed by atoms with Gasteiger partial charge in [0.2, 0.25) is 5.91 Å². The molecule has 6 heteroatoms. The molecule has 0 aliphatic carbocycles. The van der Waals surface area contributed by atoms with Gasteiger partial charge < -0.3 is 9.47 Å². The number of hydrogen-bond donors (Lipinski definition) is 0. The molecule has 0 unspecified atom stereocenters. The molecule has 0 aliphatic rings. The molecule has 1 heterocycles. The fourth-order valence-electron chi connectivity index (χ4n) is 2.93. The van der Waals surface area contributed by atoms with Gasteiger partial charge in [-0.05, 0) is 31.7 Å². The lowest BCUT2D eigenvalue weighted by molar-refractivity contribution is -0.127. The molecule has 0 saturated carbocycles. The number of likely N-dealkylation sites (N-methyl/N-ethyl adjacent to an activating group) is 1. The van der Waals surface area contributed by atoms with Crippen LogP contribution in [0.25, 0.3) is 11.4 Å². The van der Waals surface area contributed by atoms with E-state index in [4.69, 9.17) is 0 Å². The van der Waals surface area contributed by atoms with Gasteiger partial charge in [-0.1, -0.05) is 69.0 Å². The summed E-state index contributed by atoms with van der Waals surface area (Å²) < 4.78 is 2.07. The van der Waals surface area contributed by atoms with Crippen LogP contribution in [0.15, 0.2) is 41.6 Å². The molecule has 0 bridgehead atoms. The Balaban J connectivity index is 2.15. The van der Waals surface area contributed by atoms with E-state index in [1.165, 1.54) is 17.3 Å². The molecule has 152 valence electrons. The summed E-state index contributed by atoms with van der Waals surface area (Å²) in [6.07, 6.45) is 0. The van der Waals surface area contributed by atoms with E-state index in [0.29, 0.717) is 18.8 Å². The van der Waals surface area contributed by atoms with E-state index in [-0.39, 0.29) is 11.3 Å². The van der Waals surface area contributed by atoms with Crippen molar-refractivity contribution in [2.75, 3.05) is 18.8 Å². The van der Waals surface area contributed by atoms with Crippen LogP contribution in [0.2, 0.25) is 0 Å². The minimum atomic E-state index is 0.0947. The van der Waals surface area contributed by atoms with E-state index < -0.39 is 0 Å². The summed E-state index contributed by atoms with van der Waals surface area (Å²) in [6, 6.07) is 8.50. The lowest BCUT2D eigenvalue weighted by Gasteiger charge is -2.20. The Morgan fingerprint density at radius 1 is 1.18 bits per heavy atom. The summed E-state index contributed by atoms with van der Waals surface area (Å²) >= 11 is 1.44. The Kier molecular flexibility index (Phi) is 7.47. The minimum absolute atomic E-state index is 0.0947. The first-order chi connectivity index (χ1) is 13.2. The van der Waals surface area contributed by atoms with Crippen LogP contribution in [0.4, 0.5) is 0 Å². The maximum absolute atomic E-state index is 12.5. The molecule has 0 atom stereocenters. The first-order valence-electron chi connectivity index (χ1n) is 9.76. The van der Waals surface area contributed by atoms with Crippen LogP contribution in [0.5, 0.6) is 0 Å². The van der Waals surface area contributed by atoms with Crippen molar-refractivity contribution in [2.24, 2.45) is 0 Å². The van der Waals surface area contributed by atoms with Gasteiger partial charge >= 0.3 is 0 Å². The zero-order chi connectivity index (χ0) is 20.9. The van der Waals surface area contributed by atoms with Crippen molar-refractivity contribution in [2.45, 2.75) is 58.7 Å². The number of nitrogens with zero attached hydrogens (tertiary/aromatic N) is 4. The lowest BCUT2D eigenvalue weighted by Crippen LogP contribution is -2.33. The molecule has 0 saturated heterocycles. The molecule has 1 amide bonds. The Morgan fingerprint density at radius 2 is 1.82 bits per heavy atom. The van der Waals surface area contributed by atoms with Crippen LogP contribution in [-0.4, -0.2) is 44.4 Å². The Labute approximate surface area is 173 Å². The van der Waals surface area contributed by atoms with Crippen molar-refractivity contribution in [3.63, 3.8) is 0 Å². The normalized spacial score (nSPS) is 11.5. The Morgan fingerprint density at radius 3 is 2.32 bits per heavy atom. The predicted octanol–water partition coefficient (Wildman–Crippen LogP) is 4.78. The van der Waals surface area contributed by atoms with E-state index in [9.17, 15) is 4.79 Å². The van der Waals surface area contributed by atoms with Crippen LogP contribution in [0, 0.1) is 0 Å². The van der Waals surface area contributed by atoms with Crippen molar-refractivity contribution in [3.8, 4) is 11.4 Å². The molecule has 1 aromatic carbocycles. The van der Waals surface area contributed by atoms with Gasteiger partial charge in [0.05, 0.1) is 5.75 Å². The molecule has 0 N–H and O–H groups in total. The highest BCUT2D eigenvalue weighted by Crippen LogP contribution is 2.27. The summed E-state index contributed by atoms with van der Waals surface area (Å²) in [5.41, 5.74) is 3.43. The van der Waals surface area contributed by atoms with Crippen LogP contribution < -0.4 is 0 Å². The number of amides is 1. The smallest absolute Gasteiger partial charge is 0.233 e. The minimum Gasteiger partial charge on any atom is -0.338 e. The average molecular weight is 401 g/mol. The molecule has 28 heavy (non-hydrogen) atoms. The Bertz CT molecular complexity index is 818. The van der Waals surface area contributed by atoms with Gasteiger partial charge in [-0.2, -0.15) is 0 Å². The zero-order valence-corrected chi connectivity index (χ0v) is 18.8. The molecule has 2 rings (SSSR count). The van der Waals surface area contributed by atoms with E-state index in [1.807, 2.05) is 18.7 Å². The number of benzene rings is 1. The van der Waals surface area contributed by atoms with Gasteiger partial charge in [-0.3, -0.25) is 4.79 Å². The average Bonchev–Trinajstić information content (AvgIpc) is 3.06. The van der Waals surface area contributed by atoms with E-state index in [2.05, 4.69) is 73.3 Å². The number of rotatable bonds is 8. The molecule has 1 aromatic heterocycles. The second-order valence-electron chi connectivity index (χ2n) is 8.03. The zero-order valence-electron chi connectivity index (χ0n) is 18.0. The number of carbonyl (C=O) groups is 1. The van der Waals surface area contributed by atoms with Crippen LogP contribution in [-0.2, 0) is 16.8 Å². The molecule has 5 nitrogen and oxygen atoms in total. The fraction of sp³-hybridized carbons (Fsp3) is 0.500. The number of hydrogen-bond acceptors (Lipinski definition) is 4. The maximum Gasteiger partial charge on any atom is 0.233 e. The number of aromatic nitrogens is 3. The third kappa shape index (κ3) is 5.47. The molecule has 0 spiro atoms. The van der Waals surface area contributed by atoms with Gasteiger partial charge in [-0.25, -0.2) is 0 Å². The highest BCUT2D eigenvalue weighted by atomic mass is 32.2. The number of thioether (sulfide) groups is 1. The van der Waals surface area contributed by atoms with E-state index in [1.54, 1.807) is 0 Å². The summed E-state index contributed by atoms with van der Waals surface area (Å²) in [5, 5.41) is 9.51. The standard InChI is InChI=1S/C22H32N4OS/c1-8-25(14-16(3)4)19(27)15-28-21-24-23-20(26(21)9-2)17-10-12-18(13-11-17)22(5,6)7/h10-13H,3,8-9,14-15H2,1-2,4-7H3. The largest absolute Gasteiger partial charge is 0.338 e. The Hall–Kier alpha value is -2.08. The van der Waals surface area contributed by atoms with Gasteiger partial charge in [0.15, 0.2) is 11.0 Å². The van der Waals surface area contributed by atoms with Gasteiger partial charge in [0.25, 0.3) is 0 Å². The molecule has 0 radical (unpaired) electrons. The van der Waals surface area contributed by atoms with Gasteiger partial charge in [0.1, 0.15) is 0 Å². The van der Waals surface area contributed by atoms with E-state index >= 15 is 0 Å². The number of carbonyl (C=O) groups excluding carboxylic acids is 1. The highest BCUT2D eigenvalue weighted by molar-refractivity contribution is 7.99. The quantitative estimate of drug-likeness (QED) is 0.473. The second-order valence-corrected chi connectivity index (χ2v) is 8.97. The van der Waals surface area contributed by atoms with Gasteiger partial charge in [0, 0.05) is 25.2 Å². The molecule has 2 aromatic rings. The molecular weight excluding hydrogens is 368 g/mol. The van der Waals surface area contributed by atoms with Gasteiger partial charge in [-0.15, -0.1) is 10.2 Å². The van der Waals surface area contributed by atoms with Crippen molar-refractivity contribution in [1.82, 2.24) is 19.7 Å².